The largest absolute Gasteiger partial charge is 0.543 e. The predicted molar refractivity (Wildman–Crippen MR) is 82.9 cm³/mol. The topological polar surface area (TPSA) is 89.5 Å². The quantitative estimate of drug-likeness (QED) is 0.762. The van der Waals surface area contributed by atoms with E-state index in [9.17, 15) is 19.5 Å². The molecule has 0 unspecified atom stereocenters. The minimum Gasteiger partial charge on any atom is -0.543 e. The Hall–Kier alpha value is -2.28. The highest BCUT2D eigenvalue weighted by Crippen LogP contribution is 2.39. The lowest BCUT2D eigenvalue weighted by molar-refractivity contribution is -0.301. The molecule has 23 heavy (non-hydrogen) atoms. The fourth-order valence-electron chi connectivity index (χ4n) is 2.77. The van der Waals surface area contributed by atoms with Crippen LogP contribution in [0.25, 0.3) is 0 Å². The summed E-state index contributed by atoms with van der Waals surface area (Å²) in [4.78, 5) is 36.7. The molecule has 1 aromatic rings. The number of hydrogen-bond acceptors (Lipinski definition) is 5. The van der Waals surface area contributed by atoms with Gasteiger partial charge in [0, 0.05) is 5.75 Å². The highest BCUT2D eigenvalue weighted by molar-refractivity contribution is 8.00. The van der Waals surface area contributed by atoms with Gasteiger partial charge in [-0.2, -0.15) is 0 Å². The molecule has 0 saturated carbocycles. The van der Waals surface area contributed by atoms with Gasteiger partial charge in [0.2, 0.25) is 5.91 Å². The van der Waals surface area contributed by atoms with Gasteiger partial charge in [0.1, 0.15) is 11.4 Å². The summed E-state index contributed by atoms with van der Waals surface area (Å²) in [6, 6.07) is 8.54. The van der Waals surface area contributed by atoms with Crippen molar-refractivity contribution in [2.45, 2.75) is 24.8 Å². The molecule has 0 radical (unpaired) electrons. The Bertz CT molecular complexity index is 701. The third-order valence-corrected chi connectivity index (χ3v) is 5.30. The summed E-state index contributed by atoms with van der Waals surface area (Å²) in [6.07, 6.45) is 0.185. The molecule has 2 heterocycles. The van der Waals surface area contributed by atoms with Crippen LogP contribution in [0.1, 0.15) is 12.5 Å². The Labute approximate surface area is 137 Å². The van der Waals surface area contributed by atoms with E-state index in [2.05, 4.69) is 5.32 Å². The van der Waals surface area contributed by atoms with Crippen LogP contribution in [0.5, 0.6) is 0 Å². The average molecular weight is 331 g/mol. The number of fused-ring (bicyclic) bond motifs is 1. The van der Waals surface area contributed by atoms with Gasteiger partial charge in [0.05, 0.1) is 18.1 Å². The van der Waals surface area contributed by atoms with Gasteiger partial charge in [0.25, 0.3) is 5.91 Å². The first-order valence-corrected chi connectivity index (χ1v) is 8.23. The number of carboxylic acid groups (broad SMARTS) is 1. The normalized spacial score (nSPS) is 23.2. The van der Waals surface area contributed by atoms with Crippen LogP contribution in [0.4, 0.5) is 0 Å². The second-order valence-electron chi connectivity index (χ2n) is 5.53. The van der Waals surface area contributed by atoms with E-state index in [1.165, 1.54) is 16.7 Å². The van der Waals surface area contributed by atoms with Gasteiger partial charge >= 0.3 is 0 Å². The standard InChI is InChI=1S/C16H16N2O4S/c1-9-8-23-15-12(14(20)18(15)13(9)16(21)22)17-11(19)7-10-5-3-2-4-6-10/h2-6,12,15H,7-8H2,1H3,(H,17,19)(H,21,22)/p-1/t12-,15-/m0/s1. The fraction of sp³-hybridized carbons (Fsp3) is 0.312. The van der Waals surface area contributed by atoms with Gasteiger partial charge in [0.15, 0.2) is 0 Å². The highest BCUT2D eigenvalue weighted by Gasteiger charge is 2.52. The Morgan fingerprint density at radius 3 is 2.70 bits per heavy atom. The lowest BCUT2D eigenvalue weighted by atomic mass is 10.0. The smallest absolute Gasteiger partial charge is 0.253 e. The molecule has 1 saturated heterocycles. The number of nitrogens with one attached hydrogen (secondary N) is 1. The van der Waals surface area contributed by atoms with E-state index < -0.39 is 17.9 Å². The molecule has 1 fully saturated rings. The number of thioether (sulfide) groups is 1. The number of rotatable bonds is 4. The van der Waals surface area contributed by atoms with Gasteiger partial charge in [-0.15, -0.1) is 11.8 Å². The molecule has 0 bridgehead atoms. The number of benzene rings is 1. The molecule has 1 N–H and O–H groups in total. The molecule has 2 aliphatic rings. The minimum atomic E-state index is -1.35. The summed E-state index contributed by atoms with van der Waals surface area (Å²) in [7, 11) is 0. The Kier molecular flexibility index (Phi) is 4.12. The summed E-state index contributed by atoms with van der Waals surface area (Å²) in [5, 5.41) is 13.5. The van der Waals surface area contributed by atoms with E-state index in [1.807, 2.05) is 30.3 Å². The van der Waals surface area contributed by atoms with E-state index in [4.69, 9.17) is 0 Å². The predicted octanol–water partition coefficient (Wildman–Crippen LogP) is -0.347. The number of amides is 2. The molecule has 120 valence electrons. The summed E-state index contributed by atoms with van der Waals surface area (Å²) in [6.45, 7) is 1.67. The van der Waals surface area contributed by atoms with Gasteiger partial charge < -0.3 is 15.2 Å². The average Bonchev–Trinajstić information content (AvgIpc) is 2.53. The maximum atomic E-state index is 12.2. The van der Waals surface area contributed by atoms with Crippen molar-refractivity contribution in [3.05, 3.63) is 47.2 Å². The number of carbonyl (C=O) groups excluding carboxylic acids is 3. The van der Waals surface area contributed by atoms with Crippen molar-refractivity contribution in [2.24, 2.45) is 0 Å². The first-order chi connectivity index (χ1) is 11.0. The van der Waals surface area contributed by atoms with Crippen LogP contribution < -0.4 is 10.4 Å². The lowest BCUT2D eigenvalue weighted by Gasteiger charge is -2.50. The molecule has 6 nitrogen and oxygen atoms in total. The van der Waals surface area contributed by atoms with Crippen LogP contribution in [0.3, 0.4) is 0 Å². The van der Waals surface area contributed by atoms with E-state index in [1.54, 1.807) is 6.92 Å². The molecule has 2 aliphatic heterocycles. The Morgan fingerprint density at radius 2 is 2.04 bits per heavy atom. The van der Waals surface area contributed by atoms with E-state index >= 15 is 0 Å². The molecule has 1 aromatic carbocycles. The molecular weight excluding hydrogens is 316 g/mol. The maximum Gasteiger partial charge on any atom is 0.253 e. The number of β-lactam (4-membered cyclic amide) rings is 1. The summed E-state index contributed by atoms with van der Waals surface area (Å²) in [5.74, 6) is -1.50. The van der Waals surface area contributed by atoms with Crippen molar-refractivity contribution in [3.63, 3.8) is 0 Å². The van der Waals surface area contributed by atoms with Crippen molar-refractivity contribution in [1.29, 1.82) is 0 Å². The van der Waals surface area contributed by atoms with Crippen molar-refractivity contribution in [1.82, 2.24) is 10.2 Å². The highest BCUT2D eigenvalue weighted by atomic mass is 32.2. The summed E-state index contributed by atoms with van der Waals surface area (Å²) in [5.41, 5.74) is 1.40. The molecule has 2 atom stereocenters. The van der Waals surface area contributed by atoms with Gasteiger partial charge in [-0.1, -0.05) is 30.3 Å². The zero-order valence-electron chi connectivity index (χ0n) is 12.4. The fourth-order valence-corrected chi connectivity index (χ4v) is 4.06. The molecule has 3 rings (SSSR count). The second kappa shape index (κ2) is 6.08. The molecule has 2 amide bonds. The van der Waals surface area contributed by atoms with Crippen LogP contribution in [0.15, 0.2) is 41.6 Å². The van der Waals surface area contributed by atoms with Crippen LogP contribution in [0, 0.1) is 0 Å². The van der Waals surface area contributed by atoms with Gasteiger partial charge in [-0.25, -0.2) is 0 Å². The number of carbonyl (C=O) groups is 3. The third kappa shape index (κ3) is 2.84. The number of hydrogen-bond donors (Lipinski definition) is 1. The molecule has 0 aliphatic carbocycles. The zero-order chi connectivity index (χ0) is 16.6. The number of nitrogens with zero attached hydrogens (tertiary/aromatic N) is 1. The van der Waals surface area contributed by atoms with Crippen molar-refractivity contribution in [3.8, 4) is 0 Å². The molecular formula is C16H15N2O4S-. The molecule has 7 heteroatoms. The number of carboxylic acids is 1. The number of aliphatic carboxylic acids is 1. The molecule has 0 aromatic heterocycles. The van der Waals surface area contributed by atoms with Crippen LogP contribution in [-0.2, 0) is 20.8 Å². The first kappa shape index (κ1) is 15.6. The van der Waals surface area contributed by atoms with E-state index in [-0.39, 0.29) is 23.4 Å². The van der Waals surface area contributed by atoms with Crippen LogP contribution in [-0.4, -0.2) is 39.9 Å². The van der Waals surface area contributed by atoms with Crippen molar-refractivity contribution in [2.75, 3.05) is 5.75 Å². The van der Waals surface area contributed by atoms with E-state index in [0.717, 1.165) is 5.56 Å². The summed E-state index contributed by atoms with van der Waals surface area (Å²) < 4.78 is 0. The van der Waals surface area contributed by atoms with Crippen LogP contribution >= 0.6 is 11.8 Å². The van der Waals surface area contributed by atoms with Crippen molar-refractivity contribution >= 4 is 29.5 Å². The monoisotopic (exact) mass is 331 g/mol. The van der Waals surface area contributed by atoms with Crippen LogP contribution in [0.2, 0.25) is 0 Å². The first-order valence-electron chi connectivity index (χ1n) is 7.18. The zero-order valence-corrected chi connectivity index (χ0v) is 13.3. The van der Waals surface area contributed by atoms with E-state index in [0.29, 0.717) is 11.3 Å². The van der Waals surface area contributed by atoms with Crippen molar-refractivity contribution < 1.29 is 19.5 Å². The minimum absolute atomic E-state index is 0.0627. The Morgan fingerprint density at radius 1 is 1.35 bits per heavy atom. The third-order valence-electron chi connectivity index (χ3n) is 3.88. The van der Waals surface area contributed by atoms with Gasteiger partial charge in [-0.3, -0.25) is 14.5 Å². The lowest BCUT2D eigenvalue weighted by Crippen LogP contribution is -2.71. The maximum absolute atomic E-state index is 12.2. The van der Waals surface area contributed by atoms with Gasteiger partial charge in [-0.05, 0) is 18.1 Å². The summed E-state index contributed by atoms with van der Waals surface area (Å²) >= 11 is 1.44. The molecule has 0 spiro atoms. The Balaban J connectivity index is 1.67. The second-order valence-corrected chi connectivity index (χ2v) is 6.64. The SMILES string of the molecule is CC1=C(C(=O)[O-])N2C(=O)[C@H](NC(=O)Cc3ccccc3)[C@@H]2SC1.